The first kappa shape index (κ1) is 24.3. The summed E-state index contributed by atoms with van der Waals surface area (Å²) in [6.07, 6.45) is 1.51. The molecular weight excluding hydrogens is 468 g/mol. The summed E-state index contributed by atoms with van der Waals surface area (Å²) in [5.74, 6) is -1.27. The molecule has 0 bridgehead atoms. The number of nitrogens with zero attached hydrogens (tertiary/aromatic N) is 2. The standard InChI is InChI=1S/C30H28N2O5/c33-28(34)17-26-15-23-13-7-8-14-24(23)18-31(26)29(35)27-16-25(22-11-5-2-6-12-22)19-32(27)30(36)37-20-21-9-3-1-4-10-21/h1-14,16,26-27H,15,17-20H2,(H,33,34)/t26-,27-/m1/s1. The van der Waals surface area contributed by atoms with Crippen molar-refractivity contribution in [3.8, 4) is 0 Å². The molecule has 2 aliphatic heterocycles. The molecule has 0 fully saturated rings. The number of carboxylic acids is 1. The molecule has 2 aliphatic rings. The zero-order valence-electron chi connectivity index (χ0n) is 20.3. The summed E-state index contributed by atoms with van der Waals surface area (Å²) in [5, 5.41) is 9.55. The van der Waals surface area contributed by atoms with E-state index >= 15 is 0 Å². The number of ether oxygens (including phenoxy) is 1. The molecule has 7 heteroatoms. The highest BCUT2D eigenvalue weighted by molar-refractivity contribution is 5.93. The van der Waals surface area contributed by atoms with Gasteiger partial charge in [0.1, 0.15) is 12.6 Å². The van der Waals surface area contributed by atoms with Gasteiger partial charge >= 0.3 is 12.1 Å². The number of amides is 2. The molecule has 0 aromatic heterocycles. The normalized spacial score (nSPS) is 18.6. The van der Waals surface area contributed by atoms with Crippen molar-refractivity contribution in [1.29, 1.82) is 0 Å². The van der Waals surface area contributed by atoms with Crippen LogP contribution >= 0.6 is 0 Å². The number of hydrogen-bond donors (Lipinski definition) is 1. The van der Waals surface area contributed by atoms with Gasteiger partial charge in [0, 0.05) is 12.6 Å². The lowest BCUT2D eigenvalue weighted by Crippen LogP contribution is -2.53. The molecule has 2 amide bonds. The number of rotatable bonds is 6. The van der Waals surface area contributed by atoms with Gasteiger partial charge in [-0.2, -0.15) is 0 Å². The number of hydrogen-bond acceptors (Lipinski definition) is 4. The van der Waals surface area contributed by atoms with Crippen molar-refractivity contribution in [1.82, 2.24) is 9.80 Å². The molecule has 37 heavy (non-hydrogen) atoms. The summed E-state index contributed by atoms with van der Waals surface area (Å²) in [7, 11) is 0. The first-order valence-electron chi connectivity index (χ1n) is 12.3. The van der Waals surface area contributed by atoms with Gasteiger partial charge in [0.25, 0.3) is 0 Å². The summed E-state index contributed by atoms with van der Waals surface area (Å²) < 4.78 is 5.60. The Morgan fingerprint density at radius 2 is 1.46 bits per heavy atom. The Bertz CT molecular complexity index is 1320. The molecule has 0 saturated carbocycles. The average molecular weight is 497 g/mol. The van der Waals surface area contributed by atoms with Gasteiger partial charge < -0.3 is 14.7 Å². The Hall–Kier alpha value is -4.39. The predicted octanol–water partition coefficient (Wildman–Crippen LogP) is 4.52. The minimum absolute atomic E-state index is 0.0937. The molecule has 2 atom stereocenters. The zero-order valence-corrected chi connectivity index (χ0v) is 20.3. The van der Waals surface area contributed by atoms with Crippen LogP contribution in [0.5, 0.6) is 0 Å². The van der Waals surface area contributed by atoms with Crippen LogP contribution in [0.2, 0.25) is 0 Å². The first-order chi connectivity index (χ1) is 18.0. The monoisotopic (exact) mass is 496 g/mol. The van der Waals surface area contributed by atoms with E-state index in [9.17, 15) is 19.5 Å². The van der Waals surface area contributed by atoms with Crippen molar-refractivity contribution in [3.63, 3.8) is 0 Å². The number of fused-ring (bicyclic) bond motifs is 1. The summed E-state index contributed by atoms with van der Waals surface area (Å²) in [6, 6.07) is 25.4. The van der Waals surface area contributed by atoms with Crippen LogP contribution in [0.15, 0.2) is 91.0 Å². The molecule has 0 spiro atoms. The number of carbonyl (C=O) groups excluding carboxylic acids is 2. The van der Waals surface area contributed by atoms with Crippen molar-refractivity contribution < 1.29 is 24.2 Å². The third-order valence-corrected chi connectivity index (χ3v) is 6.92. The maximum atomic E-state index is 14.0. The molecule has 0 aliphatic carbocycles. The van der Waals surface area contributed by atoms with Crippen LogP contribution in [-0.2, 0) is 33.9 Å². The fourth-order valence-corrected chi connectivity index (χ4v) is 5.04. The quantitative estimate of drug-likeness (QED) is 0.542. The Morgan fingerprint density at radius 3 is 2.16 bits per heavy atom. The van der Waals surface area contributed by atoms with E-state index in [-0.39, 0.29) is 25.5 Å². The number of aliphatic carboxylic acids is 1. The van der Waals surface area contributed by atoms with Crippen molar-refractivity contribution in [2.45, 2.75) is 38.1 Å². The van der Waals surface area contributed by atoms with E-state index < -0.39 is 24.1 Å². The predicted molar refractivity (Wildman–Crippen MR) is 138 cm³/mol. The fourth-order valence-electron chi connectivity index (χ4n) is 5.04. The summed E-state index contributed by atoms with van der Waals surface area (Å²) in [6.45, 7) is 0.615. The molecule has 0 radical (unpaired) electrons. The highest BCUT2D eigenvalue weighted by Crippen LogP contribution is 2.31. The molecule has 188 valence electrons. The van der Waals surface area contributed by atoms with E-state index in [0.717, 1.165) is 27.8 Å². The minimum Gasteiger partial charge on any atom is -0.481 e. The van der Waals surface area contributed by atoms with E-state index in [1.807, 2.05) is 84.9 Å². The summed E-state index contributed by atoms with van der Waals surface area (Å²) in [5.41, 5.74) is 4.65. The van der Waals surface area contributed by atoms with E-state index in [2.05, 4.69) is 0 Å². The smallest absolute Gasteiger partial charge is 0.411 e. The van der Waals surface area contributed by atoms with Gasteiger partial charge in [-0.25, -0.2) is 4.79 Å². The van der Waals surface area contributed by atoms with Gasteiger partial charge in [0.2, 0.25) is 5.91 Å². The number of carboxylic acid groups (broad SMARTS) is 1. The van der Waals surface area contributed by atoms with Crippen molar-refractivity contribution in [3.05, 3.63) is 113 Å². The van der Waals surface area contributed by atoms with E-state index in [1.54, 1.807) is 11.0 Å². The molecule has 3 aromatic rings. The van der Waals surface area contributed by atoms with Crippen LogP contribution in [0, 0.1) is 0 Å². The van der Waals surface area contributed by atoms with Crippen LogP contribution in [0.1, 0.15) is 28.7 Å². The van der Waals surface area contributed by atoms with Crippen molar-refractivity contribution in [2.75, 3.05) is 6.54 Å². The third kappa shape index (κ3) is 5.40. The van der Waals surface area contributed by atoms with Crippen LogP contribution in [-0.4, -0.2) is 51.5 Å². The lowest BCUT2D eigenvalue weighted by Gasteiger charge is -2.38. The van der Waals surface area contributed by atoms with E-state index in [0.29, 0.717) is 13.0 Å². The fraction of sp³-hybridized carbons (Fsp3) is 0.233. The van der Waals surface area contributed by atoms with Crippen LogP contribution in [0.4, 0.5) is 4.79 Å². The SMILES string of the molecule is O=C(O)C[C@H]1Cc2ccccc2CN1C(=O)[C@H]1C=C(c2ccccc2)CN1C(=O)OCc1ccccc1. The molecule has 2 heterocycles. The zero-order chi connectivity index (χ0) is 25.8. The maximum Gasteiger partial charge on any atom is 0.411 e. The second-order valence-corrected chi connectivity index (χ2v) is 9.36. The molecule has 0 saturated heterocycles. The Labute approximate surface area is 215 Å². The lowest BCUT2D eigenvalue weighted by atomic mass is 9.91. The Balaban J connectivity index is 1.43. The highest BCUT2D eigenvalue weighted by atomic mass is 16.6. The lowest BCUT2D eigenvalue weighted by molar-refractivity contribution is -0.143. The van der Waals surface area contributed by atoms with Gasteiger partial charge in [0.05, 0.1) is 13.0 Å². The van der Waals surface area contributed by atoms with Crippen molar-refractivity contribution >= 4 is 23.5 Å². The van der Waals surface area contributed by atoms with Crippen LogP contribution < -0.4 is 0 Å². The summed E-state index contributed by atoms with van der Waals surface area (Å²) in [4.78, 5) is 42.0. The average Bonchev–Trinajstić information content (AvgIpc) is 3.37. The van der Waals surface area contributed by atoms with Crippen LogP contribution in [0.3, 0.4) is 0 Å². The minimum atomic E-state index is -0.965. The molecular formula is C30H28N2O5. The molecule has 0 unspecified atom stereocenters. The first-order valence-corrected chi connectivity index (χ1v) is 12.3. The Morgan fingerprint density at radius 1 is 0.811 bits per heavy atom. The highest BCUT2D eigenvalue weighted by Gasteiger charge is 2.41. The largest absolute Gasteiger partial charge is 0.481 e. The van der Waals surface area contributed by atoms with Crippen LogP contribution in [0.25, 0.3) is 5.57 Å². The van der Waals surface area contributed by atoms with E-state index in [4.69, 9.17) is 4.74 Å². The second kappa shape index (κ2) is 10.7. The van der Waals surface area contributed by atoms with Crippen molar-refractivity contribution in [2.24, 2.45) is 0 Å². The molecule has 5 rings (SSSR count). The van der Waals surface area contributed by atoms with Gasteiger partial charge in [0.15, 0.2) is 0 Å². The van der Waals surface area contributed by atoms with Gasteiger partial charge in [-0.3, -0.25) is 14.5 Å². The summed E-state index contributed by atoms with van der Waals surface area (Å²) >= 11 is 0. The Kier molecular flexibility index (Phi) is 7.03. The van der Waals surface area contributed by atoms with Gasteiger partial charge in [-0.15, -0.1) is 0 Å². The molecule has 3 aromatic carbocycles. The second-order valence-electron chi connectivity index (χ2n) is 9.36. The van der Waals surface area contributed by atoms with Gasteiger partial charge in [-0.05, 0) is 40.3 Å². The van der Waals surface area contributed by atoms with E-state index in [1.165, 1.54) is 4.90 Å². The van der Waals surface area contributed by atoms with Gasteiger partial charge in [-0.1, -0.05) is 84.9 Å². The number of benzene rings is 3. The molecule has 7 nitrogen and oxygen atoms in total. The molecule has 1 N–H and O–H groups in total. The topological polar surface area (TPSA) is 87.2 Å². The third-order valence-electron chi connectivity index (χ3n) is 6.92. The number of carbonyl (C=O) groups is 3. The maximum absolute atomic E-state index is 14.0.